The predicted molar refractivity (Wildman–Crippen MR) is 86.2 cm³/mol. The summed E-state index contributed by atoms with van der Waals surface area (Å²) in [5.41, 5.74) is 1.20. The minimum absolute atomic E-state index is 0.0806. The molecule has 1 aliphatic rings. The Hall–Kier alpha value is -0.910. The molecule has 4 nitrogen and oxygen atoms in total. The van der Waals surface area contributed by atoms with Crippen LogP contribution >= 0.6 is 11.3 Å². The molecule has 1 saturated carbocycles. The van der Waals surface area contributed by atoms with Gasteiger partial charge in [0.1, 0.15) is 0 Å². The van der Waals surface area contributed by atoms with Gasteiger partial charge in [-0.2, -0.15) is 11.3 Å². The van der Waals surface area contributed by atoms with Gasteiger partial charge in [0.05, 0.1) is 13.2 Å². The Labute approximate surface area is 131 Å². The zero-order valence-corrected chi connectivity index (χ0v) is 13.6. The van der Waals surface area contributed by atoms with Gasteiger partial charge in [0.2, 0.25) is 5.91 Å². The molecular weight excluding hydrogens is 284 g/mol. The second-order valence-corrected chi connectivity index (χ2v) is 6.78. The van der Waals surface area contributed by atoms with Crippen molar-refractivity contribution in [3.05, 3.63) is 22.4 Å². The van der Waals surface area contributed by atoms with E-state index in [4.69, 9.17) is 0 Å². The summed E-state index contributed by atoms with van der Waals surface area (Å²) in [6.07, 6.45) is 4.80. The Morgan fingerprint density at radius 2 is 2.29 bits per heavy atom. The molecule has 2 rings (SSSR count). The van der Waals surface area contributed by atoms with E-state index in [-0.39, 0.29) is 12.5 Å². The number of carbonyl (C=O) groups excluding carboxylic acids is 1. The first-order chi connectivity index (χ1) is 10.2. The fraction of sp³-hybridized carbons (Fsp3) is 0.688. The normalized spacial score (nSPS) is 22.4. The summed E-state index contributed by atoms with van der Waals surface area (Å²) in [5, 5.41) is 16.5. The highest BCUT2D eigenvalue weighted by molar-refractivity contribution is 7.07. The third-order valence-electron chi connectivity index (χ3n) is 4.23. The summed E-state index contributed by atoms with van der Waals surface area (Å²) in [4.78, 5) is 14.2. The minimum atomic E-state index is 0.0806. The van der Waals surface area contributed by atoms with E-state index in [1.165, 1.54) is 24.8 Å². The third-order valence-corrected chi connectivity index (χ3v) is 4.96. The van der Waals surface area contributed by atoms with Crippen molar-refractivity contribution in [1.82, 2.24) is 10.2 Å². The second-order valence-electron chi connectivity index (χ2n) is 6.00. The van der Waals surface area contributed by atoms with Crippen molar-refractivity contribution in [3.63, 3.8) is 0 Å². The highest BCUT2D eigenvalue weighted by Crippen LogP contribution is 2.23. The number of aliphatic hydroxyl groups excluding tert-OH is 1. The number of hydrogen-bond acceptors (Lipinski definition) is 4. The van der Waals surface area contributed by atoms with Crippen LogP contribution in [-0.4, -0.2) is 41.7 Å². The van der Waals surface area contributed by atoms with Crippen molar-refractivity contribution >= 4 is 17.2 Å². The van der Waals surface area contributed by atoms with Gasteiger partial charge >= 0.3 is 0 Å². The zero-order chi connectivity index (χ0) is 15.1. The Kier molecular flexibility index (Phi) is 6.67. The molecule has 1 heterocycles. The molecule has 1 amide bonds. The molecule has 0 aliphatic heterocycles. The monoisotopic (exact) mass is 310 g/mol. The lowest BCUT2D eigenvalue weighted by molar-refractivity contribution is -0.123. The van der Waals surface area contributed by atoms with Gasteiger partial charge in [-0.05, 0) is 41.1 Å². The summed E-state index contributed by atoms with van der Waals surface area (Å²) in [7, 11) is 0. The van der Waals surface area contributed by atoms with Gasteiger partial charge in [0, 0.05) is 19.1 Å². The first kappa shape index (κ1) is 16.5. The van der Waals surface area contributed by atoms with Crippen LogP contribution in [0.15, 0.2) is 16.8 Å². The molecule has 21 heavy (non-hydrogen) atoms. The third kappa shape index (κ3) is 5.41. The van der Waals surface area contributed by atoms with Crippen molar-refractivity contribution < 1.29 is 9.90 Å². The fourth-order valence-electron chi connectivity index (χ4n) is 2.98. The van der Waals surface area contributed by atoms with E-state index < -0.39 is 0 Å². The minimum Gasteiger partial charge on any atom is -0.395 e. The molecular formula is C16H26N2O2S. The van der Waals surface area contributed by atoms with Gasteiger partial charge < -0.3 is 10.4 Å². The van der Waals surface area contributed by atoms with Crippen LogP contribution < -0.4 is 5.32 Å². The molecule has 1 aromatic heterocycles. The lowest BCUT2D eigenvalue weighted by Gasteiger charge is -2.30. The maximum atomic E-state index is 12.2. The van der Waals surface area contributed by atoms with Crippen molar-refractivity contribution in [2.75, 3.05) is 19.7 Å². The summed E-state index contributed by atoms with van der Waals surface area (Å²) >= 11 is 1.66. The van der Waals surface area contributed by atoms with Crippen molar-refractivity contribution in [3.8, 4) is 0 Å². The lowest BCUT2D eigenvalue weighted by atomic mass is 9.86. The molecule has 0 aromatic carbocycles. The molecule has 118 valence electrons. The summed E-state index contributed by atoms with van der Waals surface area (Å²) < 4.78 is 0. The van der Waals surface area contributed by atoms with Crippen LogP contribution in [0, 0.1) is 5.92 Å². The van der Waals surface area contributed by atoms with Gasteiger partial charge in [-0.3, -0.25) is 9.69 Å². The van der Waals surface area contributed by atoms with Crippen molar-refractivity contribution in [2.24, 2.45) is 5.92 Å². The zero-order valence-electron chi connectivity index (χ0n) is 12.8. The van der Waals surface area contributed by atoms with Crippen molar-refractivity contribution in [2.45, 2.75) is 45.2 Å². The number of amides is 1. The van der Waals surface area contributed by atoms with Gasteiger partial charge in [-0.25, -0.2) is 0 Å². The predicted octanol–water partition coefficient (Wildman–Crippen LogP) is 2.24. The maximum Gasteiger partial charge on any atom is 0.234 e. The van der Waals surface area contributed by atoms with E-state index in [0.29, 0.717) is 25.0 Å². The molecule has 1 aliphatic carbocycles. The van der Waals surface area contributed by atoms with Crippen LogP contribution in [0.3, 0.4) is 0 Å². The van der Waals surface area contributed by atoms with E-state index in [0.717, 1.165) is 13.0 Å². The molecule has 0 saturated heterocycles. The van der Waals surface area contributed by atoms with E-state index in [2.05, 4.69) is 23.7 Å². The molecule has 0 radical (unpaired) electrons. The van der Waals surface area contributed by atoms with Crippen LogP contribution in [0.5, 0.6) is 0 Å². The van der Waals surface area contributed by atoms with Gasteiger partial charge in [-0.15, -0.1) is 0 Å². The van der Waals surface area contributed by atoms with E-state index in [9.17, 15) is 9.90 Å². The molecule has 2 atom stereocenters. The Bertz CT molecular complexity index is 422. The summed E-state index contributed by atoms with van der Waals surface area (Å²) in [6, 6.07) is 2.39. The summed E-state index contributed by atoms with van der Waals surface area (Å²) in [5.74, 6) is 0.656. The number of nitrogens with zero attached hydrogens (tertiary/aromatic N) is 1. The first-order valence-electron chi connectivity index (χ1n) is 7.82. The second kappa shape index (κ2) is 8.51. The highest BCUT2D eigenvalue weighted by Gasteiger charge is 2.23. The van der Waals surface area contributed by atoms with Gasteiger partial charge in [0.25, 0.3) is 0 Å². The fourth-order valence-corrected chi connectivity index (χ4v) is 3.64. The smallest absolute Gasteiger partial charge is 0.234 e. The van der Waals surface area contributed by atoms with Crippen molar-refractivity contribution in [1.29, 1.82) is 0 Å². The number of nitrogens with one attached hydrogen (secondary N) is 1. The maximum absolute atomic E-state index is 12.2. The molecule has 1 fully saturated rings. The quantitative estimate of drug-likeness (QED) is 0.812. The van der Waals surface area contributed by atoms with E-state index >= 15 is 0 Å². The van der Waals surface area contributed by atoms with Crippen LogP contribution in [-0.2, 0) is 11.3 Å². The molecule has 5 heteroatoms. The van der Waals surface area contributed by atoms with Crippen LogP contribution in [0.1, 0.15) is 38.2 Å². The van der Waals surface area contributed by atoms with Crippen LogP contribution in [0.4, 0.5) is 0 Å². The van der Waals surface area contributed by atoms with E-state index in [1.807, 2.05) is 10.3 Å². The van der Waals surface area contributed by atoms with Gasteiger partial charge in [-0.1, -0.05) is 19.8 Å². The number of thiophene rings is 1. The SMILES string of the molecule is C[C@H]1CCCC[C@H]1NC(=O)CN(CCO)Cc1ccsc1. The largest absolute Gasteiger partial charge is 0.395 e. The van der Waals surface area contributed by atoms with Gasteiger partial charge in [0.15, 0.2) is 0 Å². The Morgan fingerprint density at radius 1 is 1.48 bits per heavy atom. The molecule has 1 aromatic rings. The van der Waals surface area contributed by atoms with Crippen LogP contribution in [0.2, 0.25) is 0 Å². The van der Waals surface area contributed by atoms with E-state index in [1.54, 1.807) is 11.3 Å². The Morgan fingerprint density at radius 3 is 2.95 bits per heavy atom. The first-order valence-corrected chi connectivity index (χ1v) is 8.77. The standard InChI is InChI=1S/C16H26N2O2S/c1-13-4-2-3-5-15(13)17-16(20)11-18(7-8-19)10-14-6-9-21-12-14/h6,9,12-13,15,19H,2-5,7-8,10-11H2,1H3,(H,17,20)/t13-,15+/m0/s1. The Balaban J connectivity index is 1.82. The van der Waals surface area contributed by atoms with Crippen LogP contribution in [0.25, 0.3) is 0 Å². The number of rotatable bonds is 7. The average Bonchev–Trinajstić information content (AvgIpc) is 2.94. The lowest BCUT2D eigenvalue weighted by Crippen LogP contribution is -2.46. The number of aliphatic hydroxyl groups is 1. The molecule has 2 N–H and O–H groups in total. The number of carbonyl (C=O) groups is 1. The molecule has 0 unspecified atom stereocenters. The summed E-state index contributed by atoms with van der Waals surface area (Å²) in [6.45, 7) is 3.92. The average molecular weight is 310 g/mol. The molecule has 0 bridgehead atoms. The molecule has 0 spiro atoms. The number of hydrogen-bond donors (Lipinski definition) is 2. The topological polar surface area (TPSA) is 52.6 Å². The highest BCUT2D eigenvalue weighted by atomic mass is 32.1.